The van der Waals surface area contributed by atoms with Gasteiger partial charge in [-0.15, -0.1) is 0 Å². The molecular weight excluding hydrogens is 406 g/mol. The SMILES string of the molecule is CSCCC(NC(=O)C(CS)NC(=O)C(N)CCCCN)C(=O)NCC(=O)O. The number of nitrogens with one attached hydrogen (secondary N) is 3. The van der Waals surface area contributed by atoms with Crippen LogP contribution in [0.15, 0.2) is 0 Å². The molecule has 10 nitrogen and oxygen atoms in total. The molecule has 0 spiro atoms. The molecule has 3 amide bonds. The number of unbranched alkanes of at least 4 members (excludes halogenated alkanes) is 1. The summed E-state index contributed by atoms with van der Waals surface area (Å²) in [5.74, 6) is -2.27. The summed E-state index contributed by atoms with van der Waals surface area (Å²) in [4.78, 5) is 47.4. The molecule has 0 fully saturated rings. The Kier molecular flexibility index (Phi) is 14.6. The van der Waals surface area contributed by atoms with Gasteiger partial charge in [0, 0.05) is 5.75 Å². The van der Waals surface area contributed by atoms with Gasteiger partial charge in [0.25, 0.3) is 0 Å². The van der Waals surface area contributed by atoms with Gasteiger partial charge in [0.15, 0.2) is 0 Å². The zero-order valence-electron chi connectivity index (χ0n) is 16.0. The Balaban J connectivity index is 4.82. The summed E-state index contributed by atoms with van der Waals surface area (Å²) >= 11 is 5.56. The number of carbonyl (C=O) groups is 4. The first-order chi connectivity index (χ1) is 13.3. The molecule has 3 atom stereocenters. The highest BCUT2D eigenvalue weighted by Gasteiger charge is 2.27. The number of carbonyl (C=O) groups excluding carboxylic acids is 3. The molecule has 8 N–H and O–H groups in total. The van der Waals surface area contributed by atoms with Gasteiger partial charge in [-0.2, -0.15) is 24.4 Å². The van der Waals surface area contributed by atoms with E-state index in [0.29, 0.717) is 31.6 Å². The normalized spacial score (nSPS) is 13.9. The maximum absolute atomic E-state index is 12.5. The van der Waals surface area contributed by atoms with Crippen molar-refractivity contribution < 1.29 is 24.3 Å². The molecule has 0 aromatic rings. The third-order valence-corrected chi connectivity index (χ3v) is 4.79. The van der Waals surface area contributed by atoms with Crippen LogP contribution in [0.1, 0.15) is 25.7 Å². The van der Waals surface area contributed by atoms with Gasteiger partial charge >= 0.3 is 5.97 Å². The van der Waals surface area contributed by atoms with Gasteiger partial charge in [-0.1, -0.05) is 6.42 Å². The Morgan fingerprint density at radius 2 is 1.68 bits per heavy atom. The molecule has 0 aromatic heterocycles. The van der Waals surface area contributed by atoms with E-state index >= 15 is 0 Å². The van der Waals surface area contributed by atoms with E-state index < -0.39 is 48.4 Å². The average molecular weight is 438 g/mol. The number of thiol groups is 1. The van der Waals surface area contributed by atoms with Gasteiger partial charge in [-0.3, -0.25) is 19.2 Å². The summed E-state index contributed by atoms with van der Waals surface area (Å²) in [7, 11) is 0. The van der Waals surface area contributed by atoms with E-state index in [1.165, 1.54) is 11.8 Å². The Morgan fingerprint density at radius 1 is 1.04 bits per heavy atom. The van der Waals surface area contributed by atoms with E-state index in [1.54, 1.807) is 0 Å². The quantitative estimate of drug-likeness (QED) is 0.117. The van der Waals surface area contributed by atoms with Crippen LogP contribution in [0.3, 0.4) is 0 Å². The fraction of sp³-hybridized carbons (Fsp3) is 0.750. The van der Waals surface area contributed by atoms with E-state index in [-0.39, 0.29) is 5.75 Å². The minimum Gasteiger partial charge on any atom is -0.480 e. The summed E-state index contributed by atoms with van der Waals surface area (Å²) in [6.07, 6.45) is 4.04. The fourth-order valence-corrected chi connectivity index (χ4v) is 2.90. The van der Waals surface area contributed by atoms with Gasteiger partial charge in [0.2, 0.25) is 17.7 Å². The molecule has 0 aromatic carbocycles. The van der Waals surface area contributed by atoms with Crippen molar-refractivity contribution in [3.63, 3.8) is 0 Å². The third kappa shape index (κ3) is 11.4. The number of hydrogen-bond acceptors (Lipinski definition) is 8. The molecule has 162 valence electrons. The molecule has 0 heterocycles. The number of rotatable bonds is 15. The average Bonchev–Trinajstić information content (AvgIpc) is 2.66. The zero-order chi connectivity index (χ0) is 21.5. The molecular formula is C16H31N5O5S2. The summed E-state index contributed by atoms with van der Waals surface area (Å²) < 4.78 is 0. The summed E-state index contributed by atoms with van der Waals surface area (Å²) in [6.45, 7) is -0.0355. The highest BCUT2D eigenvalue weighted by Crippen LogP contribution is 2.03. The maximum atomic E-state index is 12.5. The maximum Gasteiger partial charge on any atom is 0.322 e. The lowest BCUT2D eigenvalue weighted by Gasteiger charge is -2.23. The first-order valence-corrected chi connectivity index (χ1v) is 10.9. The Labute approximate surface area is 174 Å². The van der Waals surface area contributed by atoms with Crippen LogP contribution in [0.25, 0.3) is 0 Å². The van der Waals surface area contributed by atoms with Crippen LogP contribution in [-0.4, -0.2) is 77.8 Å². The van der Waals surface area contributed by atoms with Crippen molar-refractivity contribution in [2.75, 3.05) is 30.9 Å². The van der Waals surface area contributed by atoms with Crippen molar-refractivity contribution in [2.24, 2.45) is 11.5 Å². The second-order valence-corrected chi connectivity index (χ2v) is 7.44. The predicted octanol–water partition coefficient (Wildman–Crippen LogP) is -1.70. The molecule has 0 aliphatic heterocycles. The number of amides is 3. The molecule has 0 saturated carbocycles. The number of carboxylic acids is 1. The van der Waals surface area contributed by atoms with E-state index in [2.05, 4.69) is 28.6 Å². The van der Waals surface area contributed by atoms with Crippen LogP contribution >= 0.6 is 24.4 Å². The van der Waals surface area contributed by atoms with Gasteiger partial charge < -0.3 is 32.5 Å². The monoisotopic (exact) mass is 437 g/mol. The molecule has 0 saturated heterocycles. The van der Waals surface area contributed by atoms with Gasteiger partial charge in [-0.05, 0) is 37.8 Å². The van der Waals surface area contributed by atoms with Crippen LogP contribution in [-0.2, 0) is 19.2 Å². The predicted molar refractivity (Wildman–Crippen MR) is 112 cm³/mol. The topological polar surface area (TPSA) is 177 Å². The largest absolute Gasteiger partial charge is 0.480 e. The minimum absolute atomic E-state index is 0.0130. The van der Waals surface area contributed by atoms with Crippen LogP contribution in [0, 0.1) is 0 Å². The van der Waals surface area contributed by atoms with E-state index in [4.69, 9.17) is 16.6 Å². The molecule has 3 unspecified atom stereocenters. The molecule has 0 radical (unpaired) electrons. The van der Waals surface area contributed by atoms with Crippen LogP contribution in [0.5, 0.6) is 0 Å². The summed E-state index contributed by atoms with van der Waals surface area (Å²) in [6, 6.07) is -2.66. The number of hydrogen-bond donors (Lipinski definition) is 7. The minimum atomic E-state index is -1.19. The molecule has 0 aliphatic carbocycles. The summed E-state index contributed by atoms with van der Waals surface area (Å²) in [5.41, 5.74) is 11.2. The van der Waals surface area contributed by atoms with Gasteiger partial charge in [-0.25, -0.2) is 0 Å². The van der Waals surface area contributed by atoms with Crippen molar-refractivity contribution in [1.29, 1.82) is 0 Å². The first kappa shape index (κ1) is 26.5. The van der Waals surface area contributed by atoms with Crippen molar-refractivity contribution in [3.05, 3.63) is 0 Å². The Morgan fingerprint density at radius 3 is 2.21 bits per heavy atom. The molecule has 0 bridgehead atoms. The number of nitrogens with two attached hydrogens (primary N) is 2. The zero-order valence-corrected chi connectivity index (χ0v) is 17.7. The second-order valence-electron chi connectivity index (χ2n) is 6.09. The van der Waals surface area contributed by atoms with Crippen LogP contribution < -0.4 is 27.4 Å². The number of carboxylic acid groups (broad SMARTS) is 1. The lowest BCUT2D eigenvalue weighted by atomic mass is 10.1. The van der Waals surface area contributed by atoms with Crippen molar-refractivity contribution in [1.82, 2.24) is 16.0 Å². The molecule has 0 rings (SSSR count). The van der Waals surface area contributed by atoms with E-state index in [1.807, 2.05) is 6.26 Å². The second kappa shape index (κ2) is 15.4. The van der Waals surface area contributed by atoms with Gasteiger partial charge in [0.1, 0.15) is 18.6 Å². The molecule has 0 aliphatic rings. The van der Waals surface area contributed by atoms with Crippen molar-refractivity contribution in [2.45, 2.75) is 43.8 Å². The smallest absolute Gasteiger partial charge is 0.322 e. The highest BCUT2D eigenvalue weighted by molar-refractivity contribution is 7.98. The first-order valence-electron chi connectivity index (χ1n) is 8.92. The highest BCUT2D eigenvalue weighted by atomic mass is 32.2. The molecule has 12 heteroatoms. The Hall–Kier alpha value is -1.50. The molecule has 28 heavy (non-hydrogen) atoms. The standard InChI is InChI=1S/C16H31N5O5S2/c1-28-7-5-11(15(25)19-8-13(22)23)20-16(26)12(9-27)21-14(24)10(18)4-2-3-6-17/h10-12,27H,2-9,17-18H2,1H3,(H,19,25)(H,20,26)(H,21,24)(H,22,23). The lowest BCUT2D eigenvalue weighted by Crippen LogP contribution is -2.56. The third-order valence-electron chi connectivity index (χ3n) is 3.78. The number of thioether (sulfide) groups is 1. The van der Waals surface area contributed by atoms with Crippen molar-refractivity contribution in [3.8, 4) is 0 Å². The fourth-order valence-electron chi connectivity index (χ4n) is 2.18. The Bertz CT molecular complexity index is 524. The van der Waals surface area contributed by atoms with E-state index in [9.17, 15) is 19.2 Å². The number of aliphatic carboxylic acids is 1. The summed E-state index contributed by atoms with van der Waals surface area (Å²) in [5, 5.41) is 16.0. The van der Waals surface area contributed by atoms with Crippen molar-refractivity contribution >= 4 is 48.1 Å². The van der Waals surface area contributed by atoms with E-state index in [0.717, 1.165) is 6.42 Å². The van der Waals surface area contributed by atoms with Crippen LogP contribution in [0.4, 0.5) is 0 Å². The van der Waals surface area contributed by atoms with Crippen LogP contribution in [0.2, 0.25) is 0 Å². The lowest BCUT2D eigenvalue weighted by molar-refractivity contribution is -0.138. The van der Waals surface area contributed by atoms with Gasteiger partial charge in [0.05, 0.1) is 6.04 Å².